The summed E-state index contributed by atoms with van der Waals surface area (Å²) >= 11 is 0. The Morgan fingerprint density at radius 1 is 0.711 bits per heavy atom. The van der Waals surface area contributed by atoms with Crippen molar-refractivity contribution in [3.8, 4) is 0 Å². The third-order valence-corrected chi connectivity index (χ3v) is 8.54. The van der Waals surface area contributed by atoms with E-state index in [2.05, 4.69) is 103 Å². The topological polar surface area (TPSA) is 43.2 Å². The van der Waals surface area contributed by atoms with Crippen molar-refractivity contribution < 1.29 is 4.99 Å². The molecular weight excluding hydrogens is 462 g/mol. The molecule has 2 fully saturated rings. The monoisotopic (exact) mass is 506 g/mol. The van der Waals surface area contributed by atoms with Crippen LogP contribution in [0.1, 0.15) is 87.8 Å². The maximum absolute atomic E-state index is 5.63. The summed E-state index contributed by atoms with van der Waals surface area (Å²) < 4.78 is 0. The van der Waals surface area contributed by atoms with Crippen LogP contribution in [-0.2, 0) is 0 Å². The summed E-state index contributed by atoms with van der Waals surface area (Å²) in [5, 5.41) is 0. The highest BCUT2D eigenvalue weighted by Crippen LogP contribution is 2.37. The molecule has 38 heavy (non-hydrogen) atoms. The highest BCUT2D eigenvalue weighted by atomic mass is 15.1. The van der Waals surface area contributed by atoms with Crippen molar-refractivity contribution in [2.75, 3.05) is 11.9 Å². The van der Waals surface area contributed by atoms with E-state index in [4.69, 9.17) is 5.73 Å². The second-order valence-corrected chi connectivity index (χ2v) is 11.3. The molecule has 0 unspecified atom stereocenters. The minimum atomic E-state index is 0.536. The molecule has 3 aromatic rings. The van der Waals surface area contributed by atoms with Gasteiger partial charge in [-0.15, -0.1) is 0 Å². The van der Waals surface area contributed by atoms with Crippen LogP contribution in [0.15, 0.2) is 78.9 Å². The van der Waals surface area contributed by atoms with Crippen molar-refractivity contribution in [1.29, 1.82) is 0 Å². The summed E-state index contributed by atoms with van der Waals surface area (Å²) in [7, 11) is 2.26. The van der Waals surface area contributed by atoms with Gasteiger partial charge in [0.15, 0.2) is 5.71 Å². The van der Waals surface area contributed by atoms with Crippen LogP contribution in [0.2, 0.25) is 0 Å². The largest absolute Gasteiger partial charge is 0.372 e. The number of para-hydroxylation sites is 1. The highest BCUT2D eigenvalue weighted by molar-refractivity contribution is 6.31. The standard InChI is InChI=1S/C29H30N2.C6H13N/c1-21-28(26-15-9-10-16-27(26)30-21)29(22-11-5-3-6-12-22)23-17-19-25(20-18-23)31(2)24-13-7-4-8-14-24;7-6-4-2-1-3-5-6/h3,5-6,9-12,15-20,24H,4,7-8,13-14H2,1-2H3;6H,1-5,7H2/p+1. The van der Waals surface area contributed by atoms with Gasteiger partial charge in [0.2, 0.25) is 5.69 Å². The van der Waals surface area contributed by atoms with E-state index in [1.807, 2.05) is 0 Å². The van der Waals surface area contributed by atoms with Gasteiger partial charge in [0.1, 0.15) is 0 Å². The molecule has 1 heterocycles. The van der Waals surface area contributed by atoms with Gasteiger partial charge < -0.3 is 10.6 Å². The van der Waals surface area contributed by atoms with Gasteiger partial charge in [0.05, 0.1) is 11.1 Å². The third-order valence-electron chi connectivity index (χ3n) is 8.54. The van der Waals surface area contributed by atoms with Gasteiger partial charge in [-0.1, -0.05) is 93.1 Å². The summed E-state index contributed by atoms with van der Waals surface area (Å²) in [5.74, 6) is 0. The van der Waals surface area contributed by atoms with E-state index in [9.17, 15) is 0 Å². The summed E-state index contributed by atoms with van der Waals surface area (Å²) in [5.41, 5.74) is 15.7. The molecule has 3 nitrogen and oxygen atoms in total. The van der Waals surface area contributed by atoms with Crippen LogP contribution in [-0.4, -0.2) is 24.8 Å². The van der Waals surface area contributed by atoms with Gasteiger partial charge in [-0.3, -0.25) is 0 Å². The van der Waals surface area contributed by atoms with Crippen molar-refractivity contribution in [3.05, 3.63) is 95.6 Å². The quantitative estimate of drug-likeness (QED) is 0.405. The van der Waals surface area contributed by atoms with Crippen LogP contribution < -0.4 is 15.6 Å². The van der Waals surface area contributed by atoms with Crippen molar-refractivity contribution in [2.24, 2.45) is 5.73 Å². The van der Waals surface area contributed by atoms with Crippen LogP contribution >= 0.6 is 0 Å². The van der Waals surface area contributed by atoms with Crippen LogP contribution in [0.3, 0.4) is 0 Å². The lowest BCUT2D eigenvalue weighted by molar-refractivity contribution is -0.349. The lowest BCUT2D eigenvalue weighted by Gasteiger charge is -2.33. The number of nitrogens with zero attached hydrogens (tertiary/aromatic N) is 1. The van der Waals surface area contributed by atoms with E-state index >= 15 is 0 Å². The zero-order valence-corrected chi connectivity index (χ0v) is 23.3. The van der Waals surface area contributed by atoms with Gasteiger partial charge in [0, 0.05) is 43.4 Å². The average molecular weight is 507 g/mol. The van der Waals surface area contributed by atoms with Crippen molar-refractivity contribution >= 4 is 28.2 Å². The predicted molar refractivity (Wildman–Crippen MR) is 163 cm³/mol. The minimum Gasteiger partial charge on any atom is -0.372 e. The number of hydrogen-bond donors (Lipinski definition) is 2. The summed E-state index contributed by atoms with van der Waals surface area (Å²) in [6.07, 6.45) is 13.4. The molecule has 0 amide bonds. The Labute approximate surface area is 229 Å². The van der Waals surface area contributed by atoms with Crippen molar-refractivity contribution in [2.45, 2.75) is 83.2 Å². The average Bonchev–Trinajstić information content (AvgIpc) is 3.30. The number of allylic oxidation sites excluding steroid dienone is 1. The summed E-state index contributed by atoms with van der Waals surface area (Å²) in [6, 6.07) is 29.8. The van der Waals surface area contributed by atoms with Gasteiger partial charge in [-0.25, -0.2) is 4.99 Å². The van der Waals surface area contributed by atoms with Gasteiger partial charge >= 0.3 is 0 Å². The Morgan fingerprint density at radius 3 is 1.92 bits per heavy atom. The molecule has 0 radical (unpaired) electrons. The van der Waals surface area contributed by atoms with Crippen molar-refractivity contribution in [3.63, 3.8) is 0 Å². The Kier molecular flexibility index (Phi) is 8.75. The second-order valence-electron chi connectivity index (χ2n) is 11.3. The molecule has 0 aromatic heterocycles. The Bertz CT molecular complexity index is 1240. The zero-order chi connectivity index (χ0) is 26.3. The van der Waals surface area contributed by atoms with Crippen molar-refractivity contribution in [1.82, 2.24) is 0 Å². The highest BCUT2D eigenvalue weighted by Gasteiger charge is 2.28. The molecule has 2 saturated carbocycles. The number of benzene rings is 3. The molecule has 3 aromatic carbocycles. The molecule has 1 aliphatic heterocycles. The van der Waals surface area contributed by atoms with Gasteiger partial charge in [-0.05, 0) is 55.0 Å². The first kappa shape index (κ1) is 26.4. The zero-order valence-electron chi connectivity index (χ0n) is 23.3. The molecule has 0 atom stereocenters. The fraction of sp³-hybridized carbons (Fsp3) is 0.400. The first-order valence-electron chi connectivity index (χ1n) is 14.7. The Balaban J connectivity index is 0.000000366. The lowest BCUT2D eigenvalue weighted by atomic mass is 9.88. The Hall–Kier alpha value is -3.17. The predicted octanol–water partition coefficient (Wildman–Crippen LogP) is 6.88. The van der Waals surface area contributed by atoms with Crippen LogP contribution in [0.25, 0.3) is 11.1 Å². The number of fused-ring (bicyclic) bond motifs is 1. The summed E-state index contributed by atoms with van der Waals surface area (Å²) in [4.78, 5) is 6.08. The van der Waals surface area contributed by atoms with Gasteiger partial charge in [-0.2, -0.15) is 0 Å². The SMILES string of the molecule is CC1=[NH+]c2ccccc2C1=C(c1ccccc1)c1ccc(N(C)C2CCCCC2)cc1.NC1CCCCC1. The van der Waals surface area contributed by atoms with E-state index in [1.54, 1.807) is 0 Å². The first-order chi connectivity index (χ1) is 18.6. The number of rotatable bonds is 4. The molecule has 0 spiro atoms. The number of nitrogens with two attached hydrogens (primary N) is 1. The molecule has 2 aliphatic carbocycles. The smallest absolute Gasteiger partial charge is 0.211 e. The maximum atomic E-state index is 5.63. The Morgan fingerprint density at radius 2 is 1.29 bits per heavy atom. The molecule has 3 aliphatic rings. The van der Waals surface area contributed by atoms with E-state index in [1.165, 1.54) is 109 Å². The molecule has 3 heteroatoms. The first-order valence-corrected chi connectivity index (χ1v) is 14.7. The minimum absolute atomic E-state index is 0.536. The van der Waals surface area contributed by atoms with E-state index in [-0.39, 0.29) is 0 Å². The second kappa shape index (κ2) is 12.6. The fourth-order valence-corrected chi connectivity index (χ4v) is 6.34. The van der Waals surface area contributed by atoms with E-state index in [0.717, 1.165) is 0 Å². The number of nitrogens with one attached hydrogen (secondary N) is 1. The lowest BCUT2D eigenvalue weighted by Crippen LogP contribution is -2.62. The number of hydrogen-bond acceptors (Lipinski definition) is 2. The van der Waals surface area contributed by atoms with Crippen LogP contribution in [0.4, 0.5) is 11.4 Å². The third kappa shape index (κ3) is 6.10. The molecule has 3 N–H and O–H groups in total. The molecule has 198 valence electrons. The molecular formula is C35H44N3+. The van der Waals surface area contributed by atoms with Crippen LogP contribution in [0, 0.1) is 0 Å². The molecule has 6 rings (SSSR count). The molecule has 0 bridgehead atoms. The maximum Gasteiger partial charge on any atom is 0.211 e. The van der Waals surface area contributed by atoms with E-state index in [0.29, 0.717) is 12.1 Å². The fourth-order valence-electron chi connectivity index (χ4n) is 6.34. The number of anilines is 1. The van der Waals surface area contributed by atoms with Crippen LogP contribution in [0.5, 0.6) is 0 Å². The van der Waals surface area contributed by atoms with E-state index < -0.39 is 0 Å². The molecule has 0 saturated heterocycles. The van der Waals surface area contributed by atoms with Gasteiger partial charge in [0.25, 0.3) is 0 Å². The summed E-state index contributed by atoms with van der Waals surface area (Å²) in [6.45, 7) is 2.18. The normalized spacial score (nSPS) is 19.2.